The molecule has 3 rings (SSSR count). The van der Waals surface area contributed by atoms with Crippen molar-refractivity contribution in [1.82, 2.24) is 10.3 Å². The number of carbonyl (C=O) groups is 1. The molecule has 0 fully saturated rings. The van der Waals surface area contributed by atoms with Crippen LogP contribution in [0.3, 0.4) is 0 Å². The fourth-order valence-electron chi connectivity index (χ4n) is 2.30. The van der Waals surface area contributed by atoms with E-state index in [1.165, 1.54) is 18.3 Å². The van der Waals surface area contributed by atoms with Crippen molar-refractivity contribution in [2.45, 2.75) is 6.54 Å². The van der Waals surface area contributed by atoms with Gasteiger partial charge in [-0.05, 0) is 41.5 Å². The van der Waals surface area contributed by atoms with Gasteiger partial charge in [-0.2, -0.15) is 0 Å². The Bertz CT molecular complexity index is 914. The van der Waals surface area contributed by atoms with Crippen molar-refractivity contribution in [3.63, 3.8) is 0 Å². The summed E-state index contributed by atoms with van der Waals surface area (Å²) in [5, 5.41) is 3.71. The van der Waals surface area contributed by atoms with Crippen LogP contribution in [0.5, 0.6) is 0 Å². The summed E-state index contributed by atoms with van der Waals surface area (Å²) in [7, 11) is 0. The summed E-state index contributed by atoms with van der Waals surface area (Å²) in [4.78, 5) is 16.4. The molecule has 25 heavy (non-hydrogen) atoms. The van der Waals surface area contributed by atoms with Gasteiger partial charge in [-0.1, -0.05) is 41.4 Å². The number of halogens is 3. The molecule has 1 amide bonds. The average molecular weight is 375 g/mol. The van der Waals surface area contributed by atoms with Gasteiger partial charge in [-0.15, -0.1) is 0 Å². The van der Waals surface area contributed by atoms with Crippen molar-refractivity contribution in [3.8, 4) is 11.1 Å². The average Bonchev–Trinajstić information content (AvgIpc) is 2.63. The van der Waals surface area contributed by atoms with Gasteiger partial charge < -0.3 is 5.32 Å². The number of amides is 1. The number of hydrogen-bond donors (Lipinski definition) is 1. The van der Waals surface area contributed by atoms with Gasteiger partial charge in [0.1, 0.15) is 5.82 Å². The molecule has 1 aromatic heterocycles. The van der Waals surface area contributed by atoms with Crippen LogP contribution in [-0.4, -0.2) is 10.9 Å². The summed E-state index contributed by atoms with van der Waals surface area (Å²) in [6, 6.07) is 12.9. The van der Waals surface area contributed by atoms with Crippen molar-refractivity contribution in [1.29, 1.82) is 0 Å². The molecule has 3 nitrogen and oxygen atoms in total. The fourth-order valence-corrected chi connectivity index (χ4v) is 2.62. The van der Waals surface area contributed by atoms with Crippen LogP contribution in [0.25, 0.3) is 11.1 Å². The summed E-state index contributed by atoms with van der Waals surface area (Å²) >= 11 is 11.8. The van der Waals surface area contributed by atoms with Gasteiger partial charge in [-0.3, -0.25) is 9.78 Å². The molecule has 1 N–H and O–H groups in total. The smallest absolute Gasteiger partial charge is 0.253 e. The molecule has 0 aliphatic rings. The van der Waals surface area contributed by atoms with Crippen molar-refractivity contribution < 1.29 is 9.18 Å². The summed E-state index contributed by atoms with van der Waals surface area (Å²) in [6.07, 6.45) is 3.11. The second-order valence-electron chi connectivity index (χ2n) is 5.40. The second kappa shape index (κ2) is 7.64. The van der Waals surface area contributed by atoms with Crippen LogP contribution in [-0.2, 0) is 6.54 Å². The van der Waals surface area contributed by atoms with Crippen molar-refractivity contribution in [2.75, 3.05) is 0 Å². The summed E-state index contributed by atoms with van der Waals surface area (Å²) in [5.74, 6) is -0.574. The van der Waals surface area contributed by atoms with Crippen LogP contribution in [0.2, 0.25) is 10.0 Å². The lowest BCUT2D eigenvalue weighted by molar-refractivity contribution is 0.0950. The Morgan fingerprint density at radius 2 is 1.72 bits per heavy atom. The van der Waals surface area contributed by atoms with Gasteiger partial charge in [-0.25, -0.2) is 4.39 Å². The molecule has 0 bridgehead atoms. The number of rotatable bonds is 4. The molecule has 0 aliphatic heterocycles. The fraction of sp³-hybridized carbons (Fsp3) is 0.0526. The number of nitrogens with one attached hydrogen (secondary N) is 1. The molecule has 0 spiro atoms. The molecule has 0 unspecified atom stereocenters. The molecule has 1 heterocycles. The first kappa shape index (κ1) is 17.4. The van der Waals surface area contributed by atoms with Crippen molar-refractivity contribution in [3.05, 3.63) is 87.9 Å². The van der Waals surface area contributed by atoms with E-state index in [2.05, 4.69) is 10.3 Å². The monoisotopic (exact) mass is 374 g/mol. The number of pyridine rings is 1. The van der Waals surface area contributed by atoms with Gasteiger partial charge in [0.2, 0.25) is 0 Å². The Kier molecular flexibility index (Phi) is 5.31. The van der Waals surface area contributed by atoms with E-state index in [1.807, 2.05) is 0 Å². The molecule has 0 saturated carbocycles. The van der Waals surface area contributed by atoms with E-state index in [-0.39, 0.29) is 11.7 Å². The zero-order valence-corrected chi connectivity index (χ0v) is 14.5. The minimum absolute atomic E-state index is 0.262. The van der Waals surface area contributed by atoms with E-state index >= 15 is 0 Å². The van der Waals surface area contributed by atoms with Gasteiger partial charge >= 0.3 is 0 Å². The highest BCUT2D eigenvalue weighted by molar-refractivity contribution is 6.42. The number of benzene rings is 2. The van der Waals surface area contributed by atoms with E-state index < -0.39 is 0 Å². The third kappa shape index (κ3) is 4.35. The molecular formula is C19H13Cl2FN2O. The highest BCUT2D eigenvalue weighted by atomic mass is 35.5. The van der Waals surface area contributed by atoms with Crippen LogP contribution >= 0.6 is 23.2 Å². The Morgan fingerprint density at radius 3 is 2.44 bits per heavy atom. The first-order valence-electron chi connectivity index (χ1n) is 7.46. The lowest BCUT2D eigenvalue weighted by Gasteiger charge is -2.08. The molecule has 0 aliphatic carbocycles. The van der Waals surface area contributed by atoms with Crippen LogP contribution in [0.4, 0.5) is 4.39 Å². The van der Waals surface area contributed by atoms with E-state index in [9.17, 15) is 9.18 Å². The first-order chi connectivity index (χ1) is 12.0. The van der Waals surface area contributed by atoms with Crippen LogP contribution in [0.15, 0.2) is 60.9 Å². The van der Waals surface area contributed by atoms with Crippen molar-refractivity contribution >= 4 is 29.1 Å². The van der Waals surface area contributed by atoms with E-state index in [1.54, 1.807) is 42.6 Å². The van der Waals surface area contributed by atoms with Crippen LogP contribution < -0.4 is 5.32 Å². The maximum Gasteiger partial charge on any atom is 0.253 e. The normalized spacial score (nSPS) is 10.5. The van der Waals surface area contributed by atoms with E-state index in [0.717, 1.165) is 16.7 Å². The third-order valence-corrected chi connectivity index (χ3v) is 4.35. The summed E-state index contributed by atoms with van der Waals surface area (Å²) in [6.45, 7) is 0.316. The molecule has 0 saturated heterocycles. The number of nitrogens with zero attached hydrogens (tertiary/aromatic N) is 1. The molecular weight excluding hydrogens is 362 g/mol. The molecule has 126 valence electrons. The lowest BCUT2D eigenvalue weighted by Crippen LogP contribution is -2.22. The largest absolute Gasteiger partial charge is 0.348 e. The van der Waals surface area contributed by atoms with Gasteiger partial charge in [0.15, 0.2) is 0 Å². The van der Waals surface area contributed by atoms with Crippen LogP contribution in [0.1, 0.15) is 15.9 Å². The van der Waals surface area contributed by atoms with E-state index in [4.69, 9.17) is 23.2 Å². The Hall–Kier alpha value is -2.43. The summed E-state index contributed by atoms with van der Waals surface area (Å²) in [5.41, 5.74) is 2.78. The molecule has 0 radical (unpaired) electrons. The molecule has 2 aromatic carbocycles. The zero-order chi connectivity index (χ0) is 17.8. The topological polar surface area (TPSA) is 42.0 Å². The maximum absolute atomic E-state index is 13.0. The molecule has 0 atom stereocenters. The quantitative estimate of drug-likeness (QED) is 0.687. The number of hydrogen-bond acceptors (Lipinski definition) is 2. The second-order valence-corrected chi connectivity index (χ2v) is 6.21. The van der Waals surface area contributed by atoms with Crippen LogP contribution in [0, 0.1) is 5.82 Å². The molecule has 3 aromatic rings. The Labute approximate surface area is 154 Å². The summed E-state index contributed by atoms with van der Waals surface area (Å²) < 4.78 is 13.0. The SMILES string of the molecule is O=C(NCc1ccc(Cl)c(Cl)c1)c1cncc(-c2ccc(F)cc2)c1. The highest BCUT2D eigenvalue weighted by Crippen LogP contribution is 2.23. The lowest BCUT2D eigenvalue weighted by atomic mass is 10.1. The zero-order valence-electron chi connectivity index (χ0n) is 13.0. The minimum atomic E-state index is -0.313. The van der Waals surface area contributed by atoms with E-state index in [0.29, 0.717) is 22.2 Å². The predicted octanol–water partition coefficient (Wildman–Crippen LogP) is 5.12. The predicted molar refractivity (Wildman–Crippen MR) is 97.3 cm³/mol. The highest BCUT2D eigenvalue weighted by Gasteiger charge is 2.09. The number of carbonyl (C=O) groups excluding carboxylic acids is 1. The Morgan fingerprint density at radius 1 is 0.960 bits per heavy atom. The van der Waals surface area contributed by atoms with Gasteiger partial charge in [0, 0.05) is 24.5 Å². The minimum Gasteiger partial charge on any atom is -0.348 e. The molecule has 6 heteroatoms. The maximum atomic E-state index is 13.0. The van der Waals surface area contributed by atoms with Crippen molar-refractivity contribution in [2.24, 2.45) is 0 Å². The number of aromatic nitrogens is 1. The Balaban J connectivity index is 1.72. The standard InChI is InChI=1S/C19H13Cl2FN2O/c20-17-6-1-12(7-18(17)21)9-24-19(25)15-8-14(10-23-11-15)13-2-4-16(22)5-3-13/h1-8,10-11H,9H2,(H,24,25). The van der Waals surface area contributed by atoms with Gasteiger partial charge in [0.05, 0.1) is 15.6 Å². The third-order valence-electron chi connectivity index (χ3n) is 3.62. The van der Waals surface area contributed by atoms with Gasteiger partial charge in [0.25, 0.3) is 5.91 Å². The first-order valence-corrected chi connectivity index (χ1v) is 8.21.